The fourth-order valence-electron chi connectivity index (χ4n) is 1.51. The van der Waals surface area contributed by atoms with E-state index in [1.165, 1.54) is 6.33 Å². The predicted octanol–water partition coefficient (Wildman–Crippen LogP) is 1.39. The molecule has 0 aliphatic rings. The number of rotatable bonds is 5. The SMILES string of the molecule is Cc1csc(CCNc2ncnc(N)c2[N+](=O)[O-])n1. The summed E-state index contributed by atoms with van der Waals surface area (Å²) in [6.07, 6.45) is 1.86. The van der Waals surface area contributed by atoms with Gasteiger partial charge in [-0.25, -0.2) is 15.0 Å². The summed E-state index contributed by atoms with van der Waals surface area (Å²) in [5.41, 5.74) is 6.14. The second kappa shape index (κ2) is 5.57. The molecular formula is C10H12N6O2S. The molecule has 3 N–H and O–H groups in total. The average Bonchev–Trinajstić information content (AvgIpc) is 2.74. The molecule has 19 heavy (non-hydrogen) atoms. The fourth-order valence-corrected chi connectivity index (χ4v) is 2.28. The number of nitrogens with two attached hydrogens (primary N) is 1. The van der Waals surface area contributed by atoms with Gasteiger partial charge in [0.15, 0.2) is 0 Å². The van der Waals surface area contributed by atoms with E-state index in [2.05, 4.69) is 20.3 Å². The Labute approximate surface area is 112 Å². The molecule has 0 atom stereocenters. The van der Waals surface area contributed by atoms with Crippen molar-refractivity contribution in [3.63, 3.8) is 0 Å². The van der Waals surface area contributed by atoms with Crippen LogP contribution in [0.15, 0.2) is 11.7 Å². The highest BCUT2D eigenvalue weighted by Gasteiger charge is 2.20. The highest BCUT2D eigenvalue weighted by atomic mass is 32.1. The van der Waals surface area contributed by atoms with Crippen molar-refractivity contribution in [2.45, 2.75) is 13.3 Å². The van der Waals surface area contributed by atoms with Gasteiger partial charge in [0.05, 0.1) is 9.93 Å². The lowest BCUT2D eigenvalue weighted by atomic mass is 10.4. The molecular weight excluding hydrogens is 268 g/mol. The fraction of sp³-hybridized carbons (Fsp3) is 0.300. The van der Waals surface area contributed by atoms with Gasteiger partial charge in [-0.3, -0.25) is 10.1 Å². The van der Waals surface area contributed by atoms with Crippen molar-refractivity contribution in [2.75, 3.05) is 17.6 Å². The zero-order chi connectivity index (χ0) is 13.8. The Morgan fingerprint density at radius 1 is 1.53 bits per heavy atom. The number of nitrogens with one attached hydrogen (secondary N) is 1. The molecule has 0 fully saturated rings. The molecule has 9 heteroatoms. The molecule has 0 spiro atoms. The van der Waals surface area contributed by atoms with E-state index in [1.807, 2.05) is 12.3 Å². The summed E-state index contributed by atoms with van der Waals surface area (Å²) in [7, 11) is 0. The lowest BCUT2D eigenvalue weighted by molar-refractivity contribution is -0.383. The first-order valence-corrected chi connectivity index (χ1v) is 6.35. The van der Waals surface area contributed by atoms with Crippen molar-refractivity contribution < 1.29 is 4.92 Å². The first-order chi connectivity index (χ1) is 9.08. The second-order valence-corrected chi connectivity index (χ2v) is 4.72. The standard InChI is InChI=1S/C10H12N6O2S/c1-6-4-19-7(15-6)2-3-12-10-8(16(17)18)9(11)13-5-14-10/h4-5H,2-3H2,1H3,(H3,11,12,13,14). The minimum atomic E-state index is -0.592. The molecule has 0 aliphatic heterocycles. The Hall–Kier alpha value is -2.29. The van der Waals surface area contributed by atoms with Gasteiger partial charge in [0.1, 0.15) is 6.33 Å². The number of nitrogen functional groups attached to an aromatic ring is 1. The number of hydrogen-bond acceptors (Lipinski definition) is 8. The van der Waals surface area contributed by atoms with Crippen LogP contribution in [0, 0.1) is 17.0 Å². The molecule has 8 nitrogen and oxygen atoms in total. The van der Waals surface area contributed by atoms with Crippen LogP contribution in [0.3, 0.4) is 0 Å². The molecule has 0 aliphatic carbocycles. The van der Waals surface area contributed by atoms with E-state index >= 15 is 0 Å². The van der Waals surface area contributed by atoms with Gasteiger partial charge in [0.25, 0.3) is 0 Å². The van der Waals surface area contributed by atoms with Crippen LogP contribution < -0.4 is 11.1 Å². The summed E-state index contributed by atoms with van der Waals surface area (Å²) < 4.78 is 0. The van der Waals surface area contributed by atoms with Crippen LogP contribution in [0.4, 0.5) is 17.3 Å². The number of nitrogens with zero attached hydrogens (tertiary/aromatic N) is 4. The summed E-state index contributed by atoms with van der Waals surface area (Å²) >= 11 is 1.56. The van der Waals surface area contributed by atoms with E-state index in [0.29, 0.717) is 13.0 Å². The van der Waals surface area contributed by atoms with Crippen LogP contribution in [0.2, 0.25) is 0 Å². The van der Waals surface area contributed by atoms with E-state index < -0.39 is 4.92 Å². The maximum absolute atomic E-state index is 10.9. The third-order valence-electron chi connectivity index (χ3n) is 2.33. The smallest absolute Gasteiger partial charge is 0.352 e. The molecule has 100 valence electrons. The van der Waals surface area contributed by atoms with E-state index in [-0.39, 0.29) is 17.3 Å². The summed E-state index contributed by atoms with van der Waals surface area (Å²) in [4.78, 5) is 22.0. The minimum Gasteiger partial charge on any atom is -0.378 e. The highest BCUT2D eigenvalue weighted by Crippen LogP contribution is 2.26. The topological polar surface area (TPSA) is 120 Å². The first kappa shape index (κ1) is 13.1. The Kier molecular flexibility index (Phi) is 3.85. The highest BCUT2D eigenvalue weighted by molar-refractivity contribution is 7.09. The molecule has 2 aromatic rings. The normalized spacial score (nSPS) is 10.4. The van der Waals surface area contributed by atoms with Crippen LogP contribution in [0.25, 0.3) is 0 Å². The van der Waals surface area contributed by atoms with Crippen LogP contribution in [-0.2, 0) is 6.42 Å². The Morgan fingerprint density at radius 3 is 2.95 bits per heavy atom. The van der Waals surface area contributed by atoms with Gasteiger partial charge in [-0.15, -0.1) is 11.3 Å². The maximum atomic E-state index is 10.9. The molecule has 2 aromatic heterocycles. The second-order valence-electron chi connectivity index (χ2n) is 3.77. The largest absolute Gasteiger partial charge is 0.378 e. The van der Waals surface area contributed by atoms with Crippen molar-refractivity contribution in [3.8, 4) is 0 Å². The van der Waals surface area contributed by atoms with Crippen molar-refractivity contribution in [2.24, 2.45) is 0 Å². The summed E-state index contributed by atoms with van der Waals surface area (Å²) in [5, 5.41) is 16.7. The van der Waals surface area contributed by atoms with Gasteiger partial charge in [-0.2, -0.15) is 0 Å². The number of aryl methyl sites for hydroxylation is 1. The van der Waals surface area contributed by atoms with Gasteiger partial charge in [0, 0.05) is 24.0 Å². The van der Waals surface area contributed by atoms with Crippen LogP contribution in [0.1, 0.15) is 10.7 Å². The zero-order valence-corrected chi connectivity index (χ0v) is 11.0. The number of aromatic nitrogens is 3. The van der Waals surface area contributed by atoms with Gasteiger partial charge in [-0.1, -0.05) is 0 Å². The van der Waals surface area contributed by atoms with Crippen LogP contribution >= 0.6 is 11.3 Å². The molecule has 0 bridgehead atoms. The first-order valence-electron chi connectivity index (χ1n) is 5.47. The van der Waals surface area contributed by atoms with Gasteiger partial charge >= 0.3 is 5.69 Å². The number of nitro groups is 1. The molecule has 0 unspecified atom stereocenters. The Bertz CT molecular complexity index is 599. The third kappa shape index (κ3) is 3.13. The average molecular weight is 280 g/mol. The van der Waals surface area contributed by atoms with Crippen molar-refractivity contribution >= 4 is 28.7 Å². The van der Waals surface area contributed by atoms with Gasteiger partial charge in [-0.05, 0) is 6.92 Å². The summed E-state index contributed by atoms with van der Waals surface area (Å²) in [6, 6.07) is 0. The molecule has 2 rings (SSSR count). The lowest BCUT2D eigenvalue weighted by Gasteiger charge is -2.05. The quantitative estimate of drug-likeness (QED) is 0.627. The van der Waals surface area contributed by atoms with Crippen molar-refractivity contribution in [1.29, 1.82) is 0 Å². The monoisotopic (exact) mass is 280 g/mol. The molecule has 0 radical (unpaired) electrons. The minimum absolute atomic E-state index is 0.130. The molecule has 0 aromatic carbocycles. The zero-order valence-electron chi connectivity index (χ0n) is 10.2. The van der Waals surface area contributed by atoms with Crippen LogP contribution in [-0.4, -0.2) is 26.4 Å². The summed E-state index contributed by atoms with van der Waals surface area (Å²) in [6.45, 7) is 2.41. The number of hydrogen-bond donors (Lipinski definition) is 2. The Morgan fingerprint density at radius 2 is 2.32 bits per heavy atom. The third-order valence-corrected chi connectivity index (χ3v) is 3.36. The van der Waals surface area contributed by atoms with E-state index in [4.69, 9.17) is 5.73 Å². The number of thiazole rings is 1. The van der Waals surface area contributed by atoms with Crippen LogP contribution in [0.5, 0.6) is 0 Å². The molecule has 0 saturated heterocycles. The Balaban J connectivity index is 2.03. The van der Waals surface area contributed by atoms with Gasteiger partial charge in [0.2, 0.25) is 11.6 Å². The van der Waals surface area contributed by atoms with Crippen molar-refractivity contribution in [3.05, 3.63) is 32.5 Å². The molecule has 2 heterocycles. The molecule has 0 amide bonds. The predicted molar refractivity (Wildman–Crippen MR) is 72.1 cm³/mol. The maximum Gasteiger partial charge on any atom is 0.352 e. The van der Waals surface area contributed by atoms with E-state index in [0.717, 1.165) is 10.7 Å². The van der Waals surface area contributed by atoms with Crippen molar-refractivity contribution in [1.82, 2.24) is 15.0 Å². The summed E-state index contributed by atoms with van der Waals surface area (Å²) in [5.74, 6) is -0.0154. The molecule has 0 saturated carbocycles. The number of anilines is 2. The lowest BCUT2D eigenvalue weighted by Crippen LogP contribution is -2.10. The van der Waals surface area contributed by atoms with E-state index in [1.54, 1.807) is 11.3 Å². The van der Waals surface area contributed by atoms with E-state index in [9.17, 15) is 10.1 Å². The van der Waals surface area contributed by atoms with Gasteiger partial charge < -0.3 is 11.1 Å².